The SMILES string of the molecule is O=C1/C(=C/c2cn(-c3ccccc3)nc2-c2ccc(OCc3ccccc3)cc2)SC(=S)N1C[C@@H]1CCCO1. The summed E-state index contributed by atoms with van der Waals surface area (Å²) in [6.07, 6.45) is 5.88. The first kappa shape index (κ1) is 25.6. The number of hydrogen-bond acceptors (Lipinski definition) is 6. The fraction of sp³-hybridized carbons (Fsp3) is 0.194. The summed E-state index contributed by atoms with van der Waals surface area (Å²) >= 11 is 6.90. The quantitative estimate of drug-likeness (QED) is 0.183. The maximum Gasteiger partial charge on any atom is 0.266 e. The molecule has 0 radical (unpaired) electrons. The number of ether oxygens (including phenoxy) is 2. The Morgan fingerprint density at radius 3 is 2.49 bits per heavy atom. The Bertz CT molecular complexity index is 1500. The van der Waals surface area contributed by atoms with Crippen molar-refractivity contribution >= 4 is 40.3 Å². The van der Waals surface area contributed by atoms with Gasteiger partial charge in [0.25, 0.3) is 5.91 Å². The maximum absolute atomic E-state index is 13.3. The first-order chi connectivity index (χ1) is 19.1. The van der Waals surface area contributed by atoms with Crippen molar-refractivity contribution in [3.8, 4) is 22.7 Å². The molecule has 2 aliphatic heterocycles. The molecule has 4 aromatic rings. The number of carbonyl (C=O) groups excluding carboxylic acids is 1. The fourth-order valence-corrected chi connectivity index (χ4v) is 5.94. The zero-order valence-electron chi connectivity index (χ0n) is 21.2. The van der Waals surface area contributed by atoms with Crippen molar-refractivity contribution < 1.29 is 14.3 Å². The molecule has 2 fully saturated rings. The van der Waals surface area contributed by atoms with Gasteiger partial charge in [-0.1, -0.05) is 72.5 Å². The largest absolute Gasteiger partial charge is 0.489 e. The summed E-state index contributed by atoms with van der Waals surface area (Å²) in [6.45, 7) is 1.75. The van der Waals surface area contributed by atoms with Crippen LogP contribution in [0.4, 0.5) is 0 Å². The van der Waals surface area contributed by atoms with E-state index in [1.165, 1.54) is 11.8 Å². The average molecular weight is 554 g/mol. The van der Waals surface area contributed by atoms with Gasteiger partial charge in [-0.3, -0.25) is 9.69 Å². The zero-order valence-corrected chi connectivity index (χ0v) is 22.9. The van der Waals surface area contributed by atoms with Crippen molar-refractivity contribution in [2.45, 2.75) is 25.6 Å². The van der Waals surface area contributed by atoms with E-state index in [0.29, 0.717) is 22.4 Å². The van der Waals surface area contributed by atoms with Gasteiger partial charge in [-0.15, -0.1) is 0 Å². The molecular formula is C31H27N3O3S2. The molecule has 1 aromatic heterocycles. The van der Waals surface area contributed by atoms with Gasteiger partial charge in [-0.05, 0) is 60.9 Å². The number of benzene rings is 3. The van der Waals surface area contributed by atoms with Crippen LogP contribution in [-0.2, 0) is 16.1 Å². The molecule has 1 atom stereocenters. The predicted octanol–water partition coefficient (Wildman–Crippen LogP) is 6.50. The van der Waals surface area contributed by atoms with E-state index in [2.05, 4.69) is 0 Å². The molecule has 196 valence electrons. The summed E-state index contributed by atoms with van der Waals surface area (Å²) in [5.41, 5.74) is 4.60. The fourth-order valence-electron chi connectivity index (χ4n) is 4.67. The van der Waals surface area contributed by atoms with Crippen molar-refractivity contribution in [3.63, 3.8) is 0 Å². The number of thioether (sulfide) groups is 1. The minimum atomic E-state index is -0.0800. The summed E-state index contributed by atoms with van der Waals surface area (Å²) in [6, 6.07) is 27.9. The van der Waals surface area contributed by atoms with Gasteiger partial charge in [0.2, 0.25) is 0 Å². The number of amides is 1. The number of aromatic nitrogens is 2. The predicted molar refractivity (Wildman–Crippen MR) is 159 cm³/mol. The van der Waals surface area contributed by atoms with Gasteiger partial charge in [0.05, 0.1) is 28.9 Å². The van der Waals surface area contributed by atoms with Crippen LogP contribution in [0.25, 0.3) is 23.0 Å². The molecule has 39 heavy (non-hydrogen) atoms. The van der Waals surface area contributed by atoms with E-state index in [9.17, 15) is 4.79 Å². The van der Waals surface area contributed by atoms with Crippen LogP contribution in [0.2, 0.25) is 0 Å². The third-order valence-electron chi connectivity index (χ3n) is 6.71. The van der Waals surface area contributed by atoms with Crippen LogP contribution >= 0.6 is 24.0 Å². The van der Waals surface area contributed by atoms with E-state index >= 15 is 0 Å². The second-order valence-corrected chi connectivity index (χ2v) is 11.1. The highest BCUT2D eigenvalue weighted by molar-refractivity contribution is 8.26. The summed E-state index contributed by atoms with van der Waals surface area (Å²) in [5.74, 6) is 0.699. The highest BCUT2D eigenvalue weighted by Crippen LogP contribution is 2.36. The van der Waals surface area contributed by atoms with Gasteiger partial charge >= 0.3 is 0 Å². The monoisotopic (exact) mass is 553 g/mol. The highest BCUT2D eigenvalue weighted by atomic mass is 32.2. The molecule has 3 aromatic carbocycles. The summed E-state index contributed by atoms with van der Waals surface area (Å²) < 4.78 is 14.1. The van der Waals surface area contributed by atoms with Crippen molar-refractivity contribution in [1.29, 1.82) is 0 Å². The molecule has 0 saturated carbocycles. The Balaban J connectivity index is 1.28. The molecule has 6 rings (SSSR count). The lowest BCUT2D eigenvalue weighted by molar-refractivity contribution is -0.123. The van der Waals surface area contributed by atoms with E-state index in [4.69, 9.17) is 26.8 Å². The third kappa shape index (κ3) is 5.83. The lowest BCUT2D eigenvalue weighted by Crippen LogP contribution is -2.35. The standard InChI is InChI=1S/C31H27N3O3S2/c35-30-28(39-31(38)33(30)20-27-12-7-17-36-27)18-24-19-34(25-10-5-2-6-11-25)32-29(24)23-13-15-26(16-14-23)37-21-22-8-3-1-4-9-22/h1-6,8-11,13-16,18-19,27H,7,12,17,20-21H2/b28-18-/t27-/m0/s1. The Labute approximate surface area is 237 Å². The second-order valence-electron chi connectivity index (χ2n) is 9.44. The van der Waals surface area contributed by atoms with Gasteiger partial charge in [-0.25, -0.2) is 4.68 Å². The Hall–Kier alpha value is -3.72. The molecule has 1 amide bonds. The molecule has 0 spiro atoms. The lowest BCUT2D eigenvalue weighted by atomic mass is 10.1. The molecule has 0 unspecified atom stereocenters. The lowest BCUT2D eigenvalue weighted by Gasteiger charge is -2.18. The van der Waals surface area contributed by atoms with Crippen molar-refractivity contribution in [1.82, 2.24) is 14.7 Å². The molecule has 0 bridgehead atoms. The number of thiocarbonyl (C=S) groups is 1. The molecule has 8 heteroatoms. The van der Waals surface area contributed by atoms with Crippen LogP contribution in [0, 0.1) is 0 Å². The van der Waals surface area contributed by atoms with Crippen molar-refractivity contribution in [2.24, 2.45) is 0 Å². The molecule has 6 nitrogen and oxygen atoms in total. The first-order valence-corrected chi connectivity index (χ1v) is 14.2. The molecule has 0 aliphatic carbocycles. The minimum absolute atomic E-state index is 0.0471. The number of nitrogens with zero attached hydrogens (tertiary/aromatic N) is 3. The first-order valence-electron chi connectivity index (χ1n) is 12.9. The summed E-state index contributed by atoms with van der Waals surface area (Å²) in [5, 5.41) is 4.91. The molecule has 2 saturated heterocycles. The van der Waals surface area contributed by atoms with Gasteiger partial charge in [-0.2, -0.15) is 5.10 Å². The van der Waals surface area contributed by atoms with E-state index in [0.717, 1.165) is 53.3 Å². The van der Waals surface area contributed by atoms with Gasteiger partial charge < -0.3 is 9.47 Å². The maximum atomic E-state index is 13.3. The van der Waals surface area contributed by atoms with Gasteiger partial charge in [0.15, 0.2) is 0 Å². The highest BCUT2D eigenvalue weighted by Gasteiger charge is 2.35. The normalized spacial score (nSPS) is 18.3. The van der Waals surface area contributed by atoms with Crippen molar-refractivity contribution in [2.75, 3.05) is 13.2 Å². The van der Waals surface area contributed by atoms with Crippen LogP contribution in [0.15, 0.2) is 96.0 Å². The number of hydrogen-bond donors (Lipinski definition) is 0. The summed E-state index contributed by atoms with van der Waals surface area (Å²) in [7, 11) is 0. The van der Waals surface area contributed by atoms with Crippen LogP contribution in [-0.4, -0.2) is 44.2 Å². The summed E-state index contributed by atoms with van der Waals surface area (Å²) in [4.78, 5) is 15.6. The third-order valence-corrected chi connectivity index (χ3v) is 8.09. The van der Waals surface area contributed by atoms with Crippen LogP contribution in [0.1, 0.15) is 24.0 Å². The smallest absolute Gasteiger partial charge is 0.266 e. The van der Waals surface area contributed by atoms with Gasteiger partial charge in [0.1, 0.15) is 16.7 Å². The number of carbonyl (C=O) groups is 1. The average Bonchev–Trinajstić information content (AvgIpc) is 3.71. The molecule has 0 N–H and O–H groups in total. The zero-order chi connectivity index (χ0) is 26.6. The van der Waals surface area contributed by atoms with E-state index in [-0.39, 0.29) is 12.0 Å². The molecule has 3 heterocycles. The van der Waals surface area contributed by atoms with Crippen LogP contribution < -0.4 is 4.74 Å². The Morgan fingerprint density at radius 1 is 1.03 bits per heavy atom. The number of para-hydroxylation sites is 1. The van der Waals surface area contributed by atoms with E-state index < -0.39 is 0 Å². The van der Waals surface area contributed by atoms with E-state index in [1.807, 2.05) is 102 Å². The van der Waals surface area contributed by atoms with Crippen LogP contribution in [0.3, 0.4) is 0 Å². The Morgan fingerprint density at radius 2 is 1.77 bits per heavy atom. The Kier molecular flexibility index (Phi) is 7.58. The van der Waals surface area contributed by atoms with E-state index in [1.54, 1.807) is 4.90 Å². The second kappa shape index (κ2) is 11.6. The van der Waals surface area contributed by atoms with Crippen molar-refractivity contribution in [3.05, 3.63) is 107 Å². The topological polar surface area (TPSA) is 56.6 Å². The number of rotatable bonds is 8. The molecular weight excluding hydrogens is 526 g/mol. The van der Waals surface area contributed by atoms with Crippen LogP contribution in [0.5, 0.6) is 5.75 Å². The van der Waals surface area contributed by atoms with Gasteiger partial charge in [0, 0.05) is 23.9 Å². The minimum Gasteiger partial charge on any atom is -0.489 e. The molecule has 2 aliphatic rings.